The largest absolute Gasteiger partial charge is 0.469 e. The van der Waals surface area contributed by atoms with Gasteiger partial charge in [0.1, 0.15) is 31.4 Å². The maximum absolute atomic E-state index is 13.4. The molecule has 3 unspecified atom stereocenters. The zero-order valence-electron chi connectivity index (χ0n) is 30.9. The Labute approximate surface area is 277 Å². The summed E-state index contributed by atoms with van der Waals surface area (Å²) in [7, 11) is 1.31. The van der Waals surface area contributed by atoms with Crippen molar-refractivity contribution in [3.8, 4) is 0 Å². The van der Waals surface area contributed by atoms with E-state index in [1.54, 1.807) is 41.5 Å². The molecule has 0 heterocycles. The fraction of sp³-hybridized carbons (Fsp3) is 0.833. The quantitative estimate of drug-likeness (QED) is 0.0916. The van der Waals surface area contributed by atoms with Crippen molar-refractivity contribution < 1.29 is 47.7 Å². The van der Waals surface area contributed by atoms with Gasteiger partial charge in [-0.15, -0.1) is 0 Å². The number of rotatable bonds is 22. The van der Waals surface area contributed by atoms with Gasteiger partial charge in [-0.2, -0.15) is 0 Å². The molecule has 0 aliphatic carbocycles. The monoisotopic (exact) mass is 654 g/mol. The Morgan fingerprint density at radius 1 is 0.522 bits per heavy atom. The fourth-order valence-corrected chi connectivity index (χ4v) is 5.48. The van der Waals surface area contributed by atoms with Crippen molar-refractivity contribution in [2.45, 2.75) is 128 Å². The Balaban J connectivity index is 6.15. The average molecular weight is 655 g/mol. The lowest BCUT2D eigenvalue weighted by Crippen LogP contribution is -2.43. The normalized spacial score (nSPS) is 15.5. The molecule has 46 heavy (non-hydrogen) atoms. The summed E-state index contributed by atoms with van der Waals surface area (Å²) < 4.78 is 22.4. The molecule has 0 aromatic rings. The van der Waals surface area contributed by atoms with Gasteiger partial charge in [-0.05, 0) is 100 Å². The molecule has 10 heteroatoms. The van der Waals surface area contributed by atoms with Crippen LogP contribution in [0.5, 0.6) is 0 Å². The van der Waals surface area contributed by atoms with Crippen LogP contribution in [0.1, 0.15) is 128 Å². The fourth-order valence-electron chi connectivity index (χ4n) is 5.48. The number of methoxy groups -OCH3 is 1. The summed E-state index contributed by atoms with van der Waals surface area (Å²) in [6.07, 6.45) is 2.86. The van der Waals surface area contributed by atoms with Gasteiger partial charge in [0.25, 0.3) is 0 Å². The molecule has 0 rings (SSSR count). The summed E-state index contributed by atoms with van der Waals surface area (Å²) in [5, 5.41) is 0. The lowest BCUT2D eigenvalue weighted by atomic mass is 9.80. The van der Waals surface area contributed by atoms with Crippen molar-refractivity contribution in [3.05, 3.63) is 0 Å². The number of carbonyl (C=O) groups excluding carboxylic acids is 6. The molecule has 0 N–H and O–H groups in total. The molecule has 266 valence electrons. The highest BCUT2D eigenvalue weighted by molar-refractivity contribution is 5.82. The number of ketones is 2. The van der Waals surface area contributed by atoms with Crippen LogP contribution in [0.2, 0.25) is 0 Å². The molecule has 0 amide bonds. The number of carbonyl (C=O) groups is 6. The first kappa shape index (κ1) is 43.2. The van der Waals surface area contributed by atoms with Crippen molar-refractivity contribution in [2.24, 2.45) is 39.4 Å². The van der Waals surface area contributed by atoms with Crippen LogP contribution in [0, 0.1) is 39.4 Å². The molecule has 3 atom stereocenters. The molecule has 10 nitrogen and oxygen atoms in total. The summed E-state index contributed by atoms with van der Waals surface area (Å²) >= 11 is 0. The van der Waals surface area contributed by atoms with E-state index in [2.05, 4.69) is 0 Å². The average Bonchev–Trinajstić information content (AvgIpc) is 2.99. The molecule has 0 aliphatic heterocycles. The molecular formula is C36H62O10. The third kappa shape index (κ3) is 13.1. The van der Waals surface area contributed by atoms with E-state index in [-0.39, 0.29) is 49.6 Å². The van der Waals surface area contributed by atoms with E-state index in [1.165, 1.54) is 21.0 Å². The van der Waals surface area contributed by atoms with Crippen LogP contribution < -0.4 is 0 Å². The van der Waals surface area contributed by atoms with E-state index in [9.17, 15) is 28.8 Å². The molecule has 0 saturated carbocycles. The molecule has 0 radical (unpaired) electrons. The van der Waals surface area contributed by atoms with E-state index >= 15 is 0 Å². The second-order valence-electron chi connectivity index (χ2n) is 14.9. The minimum atomic E-state index is -1.08. The third-order valence-corrected chi connectivity index (χ3v) is 9.37. The van der Waals surface area contributed by atoms with Gasteiger partial charge in [0.15, 0.2) is 0 Å². The second kappa shape index (κ2) is 18.5. The summed E-state index contributed by atoms with van der Waals surface area (Å²) in [4.78, 5) is 76.4. The van der Waals surface area contributed by atoms with Gasteiger partial charge in [0.2, 0.25) is 0 Å². The predicted octanol–water partition coefficient (Wildman–Crippen LogP) is 6.69. The van der Waals surface area contributed by atoms with Gasteiger partial charge in [-0.25, -0.2) is 0 Å². The van der Waals surface area contributed by atoms with Crippen molar-refractivity contribution in [1.29, 1.82) is 0 Å². The zero-order valence-corrected chi connectivity index (χ0v) is 30.9. The van der Waals surface area contributed by atoms with Gasteiger partial charge in [0.05, 0.1) is 34.7 Å². The maximum Gasteiger partial charge on any atom is 0.311 e. The minimum absolute atomic E-state index is 0.00271. The van der Waals surface area contributed by atoms with Crippen molar-refractivity contribution >= 4 is 35.4 Å². The molecule has 0 aromatic carbocycles. The number of esters is 4. The van der Waals surface area contributed by atoms with Crippen LogP contribution in [0.4, 0.5) is 0 Å². The summed E-state index contributed by atoms with van der Waals surface area (Å²) in [6.45, 7) is 20.2. The van der Waals surface area contributed by atoms with Crippen LogP contribution in [0.25, 0.3) is 0 Å². The lowest BCUT2D eigenvalue weighted by molar-refractivity contribution is -0.174. The molecular weight excluding hydrogens is 592 g/mol. The van der Waals surface area contributed by atoms with E-state index < -0.39 is 51.5 Å². The van der Waals surface area contributed by atoms with Crippen molar-refractivity contribution in [2.75, 3.05) is 26.9 Å². The molecule has 0 aromatic heterocycles. The molecule has 0 bridgehead atoms. The highest BCUT2D eigenvalue weighted by Gasteiger charge is 2.42. The Morgan fingerprint density at radius 3 is 1.02 bits per heavy atom. The Kier molecular flexibility index (Phi) is 17.4. The lowest BCUT2D eigenvalue weighted by Gasteiger charge is -2.35. The number of hydrogen-bond acceptors (Lipinski definition) is 10. The number of Topliss-reactive ketones (excluding diaryl/α,β-unsaturated/α-hetero) is 2. The van der Waals surface area contributed by atoms with Crippen LogP contribution in [-0.4, -0.2) is 62.4 Å². The Bertz CT molecular complexity index is 1000. The maximum atomic E-state index is 13.4. The summed E-state index contributed by atoms with van der Waals surface area (Å²) in [6, 6.07) is 0. The van der Waals surface area contributed by atoms with Crippen LogP contribution in [0.3, 0.4) is 0 Å². The standard InChI is InChI=1S/C36H62O10/c1-14-26(24(5)37)18-33(7,8)30(40)44-21-36(17-4,22-45-31(41)34(9,10)19-27(15-2)25(6)38)23-46-32(42)35(11,12)20-28(16-3)29(39)43-13/h26-28H,14-23H2,1-13H3. The number of ether oxygens (including phenoxy) is 4. The Morgan fingerprint density at radius 2 is 0.804 bits per heavy atom. The zero-order chi connectivity index (χ0) is 36.1. The molecule has 0 saturated heterocycles. The van der Waals surface area contributed by atoms with Gasteiger partial charge < -0.3 is 18.9 Å². The van der Waals surface area contributed by atoms with Gasteiger partial charge in [-0.1, -0.05) is 27.7 Å². The SMILES string of the molecule is CCC(CC(C)(C)C(=O)OCC(CC)(COC(=O)C(C)(C)CC(CC)C(C)=O)COC(=O)C(C)(C)CC(CC)C(=O)OC)C(C)=O. The first-order chi connectivity index (χ1) is 21.1. The van der Waals surface area contributed by atoms with Gasteiger partial charge in [0, 0.05) is 11.8 Å². The van der Waals surface area contributed by atoms with Crippen LogP contribution in [-0.2, 0) is 47.7 Å². The van der Waals surface area contributed by atoms with E-state index in [0.29, 0.717) is 38.5 Å². The van der Waals surface area contributed by atoms with Gasteiger partial charge in [-0.3, -0.25) is 28.8 Å². The predicted molar refractivity (Wildman–Crippen MR) is 176 cm³/mol. The molecule has 0 spiro atoms. The summed E-state index contributed by atoms with van der Waals surface area (Å²) in [5.74, 6) is -3.04. The van der Waals surface area contributed by atoms with E-state index in [1.807, 2.05) is 27.7 Å². The van der Waals surface area contributed by atoms with Crippen LogP contribution in [0.15, 0.2) is 0 Å². The molecule has 0 fully saturated rings. The third-order valence-electron chi connectivity index (χ3n) is 9.37. The smallest absolute Gasteiger partial charge is 0.311 e. The van der Waals surface area contributed by atoms with Crippen LogP contribution >= 0.6 is 0 Å². The first-order valence-corrected chi connectivity index (χ1v) is 16.7. The highest BCUT2D eigenvalue weighted by Crippen LogP contribution is 2.35. The van der Waals surface area contributed by atoms with Gasteiger partial charge >= 0.3 is 23.9 Å². The summed E-state index contributed by atoms with van der Waals surface area (Å²) in [5.41, 5.74) is -4.04. The molecule has 0 aliphatic rings. The first-order valence-electron chi connectivity index (χ1n) is 16.7. The topological polar surface area (TPSA) is 139 Å². The Hall–Kier alpha value is -2.78. The second-order valence-corrected chi connectivity index (χ2v) is 14.9. The van der Waals surface area contributed by atoms with Crippen molar-refractivity contribution in [3.63, 3.8) is 0 Å². The van der Waals surface area contributed by atoms with E-state index in [0.717, 1.165) is 0 Å². The highest BCUT2D eigenvalue weighted by atomic mass is 16.6. The minimum Gasteiger partial charge on any atom is -0.469 e. The van der Waals surface area contributed by atoms with Crippen molar-refractivity contribution in [1.82, 2.24) is 0 Å². The number of hydrogen-bond donors (Lipinski definition) is 0. The van der Waals surface area contributed by atoms with E-state index in [4.69, 9.17) is 18.9 Å².